The fourth-order valence-corrected chi connectivity index (χ4v) is 17.4. The molecule has 0 bridgehead atoms. The van der Waals surface area contributed by atoms with Crippen molar-refractivity contribution in [1.82, 2.24) is 0 Å². The second-order valence-electron chi connectivity index (χ2n) is 13.8. The van der Waals surface area contributed by atoms with Crippen LogP contribution in [0.25, 0.3) is 0 Å². The van der Waals surface area contributed by atoms with Crippen LogP contribution in [-0.4, -0.2) is 50.4 Å². The minimum Gasteiger partial charge on any atom is -1.00 e. The largest absolute Gasteiger partial charge is 1.00 e. The van der Waals surface area contributed by atoms with Crippen LogP contribution in [0.2, 0.25) is 3.34 Å². The predicted molar refractivity (Wildman–Crippen MR) is 195 cm³/mol. The molecule has 3 aromatic carbocycles. The van der Waals surface area contributed by atoms with Crippen molar-refractivity contribution in [3.8, 4) is 0 Å². The van der Waals surface area contributed by atoms with Crippen LogP contribution in [0.1, 0.15) is 61.1 Å². The number of benzene rings is 3. The van der Waals surface area contributed by atoms with Crippen LogP contribution < -0.4 is 67.5 Å². The summed E-state index contributed by atoms with van der Waals surface area (Å²) < 4.78 is -0.161. The Morgan fingerprint density at radius 3 is 0.872 bits per heavy atom. The zero-order valence-electron chi connectivity index (χ0n) is 31.4. The number of halogens is 3. The Bertz CT molecular complexity index is 1550. The molecule has 0 radical (unpaired) electrons. The molecule has 0 heterocycles. The van der Waals surface area contributed by atoms with Crippen molar-refractivity contribution >= 4 is 40.7 Å². The average Bonchev–Trinajstić information content (AvgIpc) is 3.10. The number of rotatable bonds is 7. The average molecular weight is 747 g/mol. The van der Waals surface area contributed by atoms with Crippen molar-refractivity contribution in [2.24, 2.45) is 0 Å². The van der Waals surface area contributed by atoms with Crippen molar-refractivity contribution in [2.45, 2.75) is 72.6 Å². The van der Waals surface area contributed by atoms with Gasteiger partial charge in [-0.05, 0) is 0 Å². The Morgan fingerprint density at radius 2 is 0.660 bits per heavy atom. The molecule has 0 saturated carbocycles. The molecule has 0 spiro atoms. The molecule has 1 aliphatic rings. The minimum atomic E-state index is -2.90. The van der Waals surface area contributed by atoms with Gasteiger partial charge in [0.25, 0.3) is 0 Å². The standard InChI is InChI=1S/C39H54N3Si.3ClH.Ti/c1-23-24(2)32(10)39(31(23)9)43(36-20-17-33(40(11)12)25(3)28(36)6,37-21-18-34(41(13)14)26(4)29(37)7)38-22-19-35(42(15)16)27(5)30(38)8;;;;/h17-22H,1-16H3;3*1H;/q;;;;+3/p-3. The van der Waals surface area contributed by atoms with Gasteiger partial charge in [0.2, 0.25) is 0 Å². The van der Waals surface area contributed by atoms with Gasteiger partial charge >= 0.3 is 283 Å². The molecular formula is C39H54Cl3N3SiTi. The van der Waals surface area contributed by atoms with Gasteiger partial charge < -0.3 is 37.2 Å². The predicted octanol–water partition coefficient (Wildman–Crippen LogP) is -1.85. The Balaban J connectivity index is 0.00000368. The molecule has 47 heavy (non-hydrogen) atoms. The number of hydrogen-bond donors (Lipinski definition) is 0. The Morgan fingerprint density at radius 1 is 0.426 bits per heavy atom. The molecule has 0 amide bonds. The van der Waals surface area contributed by atoms with E-state index in [0.717, 1.165) is 0 Å². The van der Waals surface area contributed by atoms with E-state index in [1.165, 1.54) is 88.3 Å². The van der Waals surface area contributed by atoms with Gasteiger partial charge in [-0.25, -0.2) is 0 Å². The van der Waals surface area contributed by atoms with E-state index in [0.29, 0.717) is 0 Å². The van der Waals surface area contributed by atoms with Gasteiger partial charge in [0.1, 0.15) is 0 Å². The van der Waals surface area contributed by atoms with Gasteiger partial charge in [0, 0.05) is 0 Å². The Labute approximate surface area is 317 Å². The molecule has 3 aromatic rings. The van der Waals surface area contributed by atoms with Gasteiger partial charge in [-0.15, -0.1) is 0 Å². The van der Waals surface area contributed by atoms with Crippen LogP contribution in [0.15, 0.2) is 58.7 Å². The van der Waals surface area contributed by atoms with Crippen molar-refractivity contribution < 1.29 is 57.7 Å². The smallest absolute Gasteiger partial charge is 1.00 e. The van der Waals surface area contributed by atoms with Crippen LogP contribution in [0.4, 0.5) is 17.1 Å². The van der Waals surface area contributed by atoms with Gasteiger partial charge in [-0.2, -0.15) is 0 Å². The first kappa shape index (κ1) is 43.4. The first-order chi connectivity index (χ1) is 20.4. The third-order valence-corrected chi connectivity index (χ3v) is 20.2. The van der Waals surface area contributed by atoms with E-state index in [1.807, 2.05) is 0 Å². The summed E-state index contributed by atoms with van der Waals surface area (Å²) in [5, 5.41) is 4.60. The van der Waals surface area contributed by atoms with Crippen LogP contribution in [-0.2, 0) is 20.4 Å². The minimum absolute atomic E-state index is 0. The summed E-state index contributed by atoms with van der Waals surface area (Å²) >= 11 is 2.60. The first-order valence-electron chi connectivity index (χ1n) is 15.8. The van der Waals surface area contributed by atoms with Crippen LogP contribution >= 0.6 is 0 Å². The maximum absolute atomic E-state index is 2.90. The molecule has 0 N–H and O–H groups in total. The summed E-state index contributed by atoms with van der Waals surface area (Å²) in [7, 11) is 10.1. The molecular weight excluding hydrogens is 693 g/mol. The zero-order chi connectivity index (χ0) is 33.2. The summed E-state index contributed by atoms with van der Waals surface area (Å²) in [6.45, 7) is 23.7. The van der Waals surface area contributed by atoms with Gasteiger partial charge in [-0.3, -0.25) is 0 Å². The van der Waals surface area contributed by atoms with Crippen molar-refractivity contribution in [3.05, 3.63) is 92.1 Å². The Kier molecular flexibility index (Phi) is 14.3. The first-order valence-corrected chi connectivity index (χ1v) is 18.6. The monoisotopic (exact) mass is 745 g/mol. The number of hydrogen-bond acceptors (Lipinski definition) is 3. The van der Waals surface area contributed by atoms with E-state index in [1.54, 1.807) is 0 Å². The third kappa shape index (κ3) is 6.30. The van der Waals surface area contributed by atoms with E-state index in [-0.39, 0.29) is 40.6 Å². The fraction of sp³-hybridized carbons (Fsp3) is 0.436. The van der Waals surface area contributed by atoms with E-state index in [4.69, 9.17) is 0 Å². The van der Waals surface area contributed by atoms with E-state index < -0.39 is 8.07 Å². The summed E-state index contributed by atoms with van der Waals surface area (Å²) in [4.78, 5) is 6.79. The van der Waals surface area contributed by atoms with Crippen LogP contribution in [0.5, 0.6) is 0 Å². The number of nitrogens with zero attached hydrogens (tertiary/aromatic N) is 3. The molecule has 0 unspecified atom stereocenters. The van der Waals surface area contributed by atoms with E-state index in [2.05, 4.69) is 183 Å². The molecule has 0 saturated heterocycles. The SMILES string of the molecule is CC1=C(C)[C]([Ti+3])([Si](c2ccc(N(C)C)c(C)c2C)(c2ccc(N(C)C)c(C)c2C)c2ccc(N(C)C)c(C)c2C)C(C)=C1C.[Cl-].[Cl-].[Cl-]. The molecule has 8 heteroatoms. The van der Waals surface area contributed by atoms with Crippen molar-refractivity contribution in [3.63, 3.8) is 0 Å². The topological polar surface area (TPSA) is 9.72 Å². The van der Waals surface area contributed by atoms with Crippen LogP contribution in [0.3, 0.4) is 0 Å². The van der Waals surface area contributed by atoms with Crippen molar-refractivity contribution in [1.29, 1.82) is 0 Å². The summed E-state index contributed by atoms with van der Waals surface area (Å²) in [6, 6.07) is 14.7. The van der Waals surface area contributed by atoms with Crippen molar-refractivity contribution in [2.75, 3.05) is 57.0 Å². The molecule has 0 fully saturated rings. The van der Waals surface area contributed by atoms with Crippen LogP contribution in [0, 0.1) is 41.5 Å². The van der Waals surface area contributed by atoms with E-state index >= 15 is 0 Å². The third-order valence-electron chi connectivity index (χ3n) is 11.3. The molecule has 0 atom stereocenters. The second kappa shape index (κ2) is 15.5. The van der Waals surface area contributed by atoms with Gasteiger partial charge in [0.15, 0.2) is 0 Å². The van der Waals surface area contributed by atoms with Gasteiger partial charge in [-0.1, -0.05) is 0 Å². The molecule has 4 rings (SSSR count). The molecule has 1 aliphatic carbocycles. The zero-order valence-corrected chi connectivity index (χ0v) is 36.3. The quantitative estimate of drug-likeness (QED) is 0.208. The summed E-state index contributed by atoms with van der Waals surface area (Å²) in [5.74, 6) is 0. The normalized spacial score (nSPS) is 14.0. The summed E-state index contributed by atoms with van der Waals surface area (Å²) in [6.07, 6.45) is 0. The Hall–Kier alpha value is -1.66. The maximum Gasteiger partial charge on any atom is -1.00 e. The number of anilines is 3. The van der Waals surface area contributed by atoms with Gasteiger partial charge in [0.05, 0.1) is 0 Å². The second-order valence-corrected chi connectivity index (χ2v) is 19.6. The molecule has 3 nitrogen and oxygen atoms in total. The molecule has 0 aliphatic heterocycles. The fourth-order valence-electron chi connectivity index (χ4n) is 8.10. The molecule has 0 aromatic heterocycles. The number of allylic oxidation sites excluding steroid dienone is 4. The summed E-state index contributed by atoms with van der Waals surface area (Å²) in [5.41, 5.74) is 18.3. The molecule has 254 valence electrons. The maximum atomic E-state index is 2.60. The van der Waals surface area contributed by atoms with E-state index in [9.17, 15) is 0 Å².